The highest BCUT2D eigenvalue weighted by atomic mass is 32.1. The zero-order valence-corrected chi connectivity index (χ0v) is 13.0. The second kappa shape index (κ2) is 5.30. The quantitative estimate of drug-likeness (QED) is 0.908. The van der Waals surface area contributed by atoms with Crippen molar-refractivity contribution >= 4 is 11.3 Å². The van der Waals surface area contributed by atoms with Gasteiger partial charge in [0.05, 0.1) is 6.54 Å². The van der Waals surface area contributed by atoms with Crippen LogP contribution in [0, 0.1) is 5.41 Å². The van der Waals surface area contributed by atoms with Crippen LogP contribution in [-0.4, -0.2) is 10.1 Å². The van der Waals surface area contributed by atoms with Crippen LogP contribution in [0.2, 0.25) is 0 Å². The van der Waals surface area contributed by atoms with E-state index in [1.165, 1.54) is 17.7 Å². The summed E-state index contributed by atoms with van der Waals surface area (Å²) in [4.78, 5) is 5.82. The maximum Gasteiger partial charge on any atom is 0.229 e. The number of thiophene rings is 1. The van der Waals surface area contributed by atoms with Gasteiger partial charge < -0.3 is 9.84 Å². The molecule has 2 aromatic rings. The van der Waals surface area contributed by atoms with Gasteiger partial charge in [0, 0.05) is 16.8 Å². The fourth-order valence-electron chi connectivity index (χ4n) is 2.32. The van der Waals surface area contributed by atoms with Crippen LogP contribution in [0.4, 0.5) is 0 Å². The number of hydrogen-bond acceptors (Lipinski definition) is 5. The molecule has 0 amide bonds. The van der Waals surface area contributed by atoms with Crippen LogP contribution in [0.3, 0.4) is 0 Å². The highest BCUT2D eigenvalue weighted by Gasteiger charge is 2.30. The lowest BCUT2D eigenvalue weighted by atomic mass is 9.86. The van der Waals surface area contributed by atoms with Crippen molar-refractivity contribution < 1.29 is 4.52 Å². The molecule has 1 aliphatic carbocycles. The van der Waals surface area contributed by atoms with Gasteiger partial charge in [-0.3, -0.25) is 0 Å². The summed E-state index contributed by atoms with van der Waals surface area (Å²) in [6.07, 6.45) is 2.38. The molecule has 0 aliphatic heterocycles. The van der Waals surface area contributed by atoms with Crippen molar-refractivity contribution in [2.24, 2.45) is 5.41 Å². The van der Waals surface area contributed by atoms with Gasteiger partial charge in [-0.15, -0.1) is 11.3 Å². The molecular formula is C15H21N3OS. The Balaban J connectivity index is 1.67. The Morgan fingerprint density at radius 3 is 2.85 bits per heavy atom. The summed E-state index contributed by atoms with van der Waals surface area (Å²) < 4.78 is 5.30. The number of rotatable bonds is 5. The molecule has 1 saturated carbocycles. The van der Waals surface area contributed by atoms with E-state index in [-0.39, 0.29) is 5.41 Å². The summed E-state index contributed by atoms with van der Waals surface area (Å²) in [5.41, 5.74) is 0.147. The van der Waals surface area contributed by atoms with Gasteiger partial charge in [-0.1, -0.05) is 32.0 Å². The van der Waals surface area contributed by atoms with Crippen molar-refractivity contribution in [3.8, 4) is 0 Å². The first-order valence-electron chi connectivity index (χ1n) is 7.13. The fraction of sp³-hybridized carbons (Fsp3) is 0.600. The van der Waals surface area contributed by atoms with Crippen LogP contribution in [0.25, 0.3) is 0 Å². The van der Waals surface area contributed by atoms with Crippen molar-refractivity contribution in [3.63, 3.8) is 0 Å². The number of hydrogen-bond donors (Lipinski definition) is 1. The van der Waals surface area contributed by atoms with Crippen LogP contribution in [0.1, 0.15) is 62.2 Å². The highest BCUT2D eigenvalue weighted by Crippen LogP contribution is 2.39. The van der Waals surface area contributed by atoms with E-state index in [2.05, 4.69) is 53.7 Å². The summed E-state index contributed by atoms with van der Waals surface area (Å²) in [5, 5.41) is 9.76. The number of nitrogens with one attached hydrogen (secondary N) is 1. The van der Waals surface area contributed by atoms with Gasteiger partial charge >= 0.3 is 0 Å². The molecule has 5 heteroatoms. The number of nitrogens with zero attached hydrogens (tertiary/aromatic N) is 2. The maximum absolute atomic E-state index is 5.30. The van der Waals surface area contributed by atoms with Crippen LogP contribution >= 0.6 is 11.3 Å². The van der Waals surface area contributed by atoms with E-state index in [1.54, 1.807) is 11.3 Å². The van der Waals surface area contributed by atoms with E-state index in [0.29, 0.717) is 18.5 Å². The minimum Gasteiger partial charge on any atom is -0.339 e. The third kappa shape index (κ3) is 3.10. The van der Waals surface area contributed by atoms with E-state index >= 15 is 0 Å². The van der Waals surface area contributed by atoms with E-state index in [9.17, 15) is 0 Å². The Labute approximate surface area is 123 Å². The van der Waals surface area contributed by atoms with Crippen LogP contribution < -0.4 is 5.32 Å². The summed E-state index contributed by atoms with van der Waals surface area (Å²) in [6, 6.07) is 4.57. The molecule has 108 valence electrons. The normalized spacial score (nSPS) is 17.4. The Kier molecular flexibility index (Phi) is 3.65. The molecule has 4 nitrogen and oxygen atoms in total. The van der Waals surface area contributed by atoms with Gasteiger partial charge in [0.1, 0.15) is 0 Å². The van der Waals surface area contributed by atoms with Gasteiger partial charge in [-0.05, 0) is 29.7 Å². The van der Waals surface area contributed by atoms with Crippen molar-refractivity contribution in [3.05, 3.63) is 34.1 Å². The topological polar surface area (TPSA) is 51.0 Å². The van der Waals surface area contributed by atoms with Crippen LogP contribution in [0.5, 0.6) is 0 Å². The molecular weight excluding hydrogens is 270 g/mol. The van der Waals surface area contributed by atoms with E-state index in [1.807, 2.05) is 0 Å². The molecule has 0 aromatic carbocycles. The summed E-state index contributed by atoms with van der Waals surface area (Å²) in [6.45, 7) is 7.39. The van der Waals surface area contributed by atoms with Gasteiger partial charge in [-0.2, -0.15) is 4.98 Å². The first-order chi connectivity index (χ1) is 9.54. The molecule has 0 bridgehead atoms. The predicted octanol–water partition coefficient (Wildman–Crippen LogP) is 3.89. The summed E-state index contributed by atoms with van der Waals surface area (Å²) in [5.74, 6) is 2.09. The average molecular weight is 291 g/mol. The Morgan fingerprint density at radius 2 is 2.25 bits per heavy atom. The SMILES string of the molecule is CC(C)(C)[C@H](NCc1noc(C2CC2)n1)c1cccs1. The first kappa shape index (κ1) is 13.8. The summed E-state index contributed by atoms with van der Waals surface area (Å²) in [7, 11) is 0. The van der Waals surface area contributed by atoms with Gasteiger partial charge in [0.2, 0.25) is 5.89 Å². The zero-order chi connectivity index (χ0) is 14.2. The van der Waals surface area contributed by atoms with Crippen molar-refractivity contribution in [1.29, 1.82) is 0 Å². The molecule has 2 aromatic heterocycles. The molecule has 1 aliphatic rings. The maximum atomic E-state index is 5.30. The van der Waals surface area contributed by atoms with Gasteiger partial charge in [0.15, 0.2) is 5.82 Å². The second-order valence-corrected chi connectivity index (χ2v) is 7.50. The minimum atomic E-state index is 0.147. The smallest absolute Gasteiger partial charge is 0.229 e. The highest BCUT2D eigenvalue weighted by molar-refractivity contribution is 7.10. The molecule has 20 heavy (non-hydrogen) atoms. The predicted molar refractivity (Wildman–Crippen MR) is 79.6 cm³/mol. The minimum absolute atomic E-state index is 0.147. The van der Waals surface area contributed by atoms with E-state index in [0.717, 1.165) is 11.7 Å². The molecule has 0 radical (unpaired) electrons. The zero-order valence-electron chi connectivity index (χ0n) is 12.2. The molecule has 3 rings (SSSR count). The molecule has 0 saturated heterocycles. The van der Waals surface area contributed by atoms with Crippen molar-refractivity contribution in [2.45, 2.75) is 52.1 Å². The van der Waals surface area contributed by atoms with E-state index < -0.39 is 0 Å². The largest absolute Gasteiger partial charge is 0.339 e. The summed E-state index contributed by atoms with van der Waals surface area (Å²) >= 11 is 1.79. The molecule has 0 unspecified atom stereocenters. The van der Waals surface area contributed by atoms with Crippen LogP contribution in [0.15, 0.2) is 22.0 Å². The molecule has 2 heterocycles. The van der Waals surface area contributed by atoms with E-state index in [4.69, 9.17) is 4.52 Å². The molecule has 0 spiro atoms. The Bertz CT molecular complexity index is 552. The van der Waals surface area contributed by atoms with Crippen molar-refractivity contribution in [2.75, 3.05) is 0 Å². The van der Waals surface area contributed by atoms with Crippen LogP contribution in [-0.2, 0) is 6.54 Å². The standard InChI is InChI=1S/C15H21N3OS/c1-15(2,3)13(11-5-4-8-20-11)16-9-12-17-14(19-18-12)10-6-7-10/h4-5,8,10,13,16H,6-7,9H2,1-3H3/t13-/m1/s1. The lowest BCUT2D eigenvalue weighted by Gasteiger charge is -2.30. The first-order valence-corrected chi connectivity index (χ1v) is 8.01. The molecule has 1 atom stereocenters. The monoisotopic (exact) mass is 291 g/mol. The van der Waals surface area contributed by atoms with Crippen molar-refractivity contribution in [1.82, 2.24) is 15.5 Å². The second-order valence-electron chi connectivity index (χ2n) is 6.52. The average Bonchev–Trinajstić information content (AvgIpc) is 2.90. The number of aromatic nitrogens is 2. The van der Waals surface area contributed by atoms with Gasteiger partial charge in [0.25, 0.3) is 0 Å². The lowest BCUT2D eigenvalue weighted by Crippen LogP contribution is -2.31. The molecule has 1 fully saturated rings. The lowest BCUT2D eigenvalue weighted by molar-refractivity contribution is 0.271. The Morgan fingerprint density at radius 1 is 1.45 bits per heavy atom. The third-order valence-electron chi connectivity index (χ3n) is 3.57. The fourth-order valence-corrected chi connectivity index (χ4v) is 3.36. The van der Waals surface area contributed by atoms with Gasteiger partial charge in [-0.25, -0.2) is 0 Å². The Hall–Kier alpha value is -1.20. The third-order valence-corrected chi connectivity index (χ3v) is 4.51. The molecule has 1 N–H and O–H groups in total.